The van der Waals surface area contributed by atoms with Crippen molar-refractivity contribution >= 4 is 17.4 Å². The number of urea groups is 1. The lowest BCUT2D eigenvalue weighted by Crippen LogP contribution is -2.54. The molecule has 2 aliphatic heterocycles. The molecule has 2 heterocycles. The molecule has 0 atom stereocenters. The van der Waals surface area contributed by atoms with Gasteiger partial charge in [-0.25, -0.2) is 9.18 Å². The van der Waals surface area contributed by atoms with Crippen molar-refractivity contribution in [2.24, 2.45) is 0 Å². The predicted molar refractivity (Wildman–Crippen MR) is 124 cm³/mol. The van der Waals surface area contributed by atoms with Crippen molar-refractivity contribution in [3.63, 3.8) is 0 Å². The first-order valence-corrected chi connectivity index (χ1v) is 11.2. The van der Waals surface area contributed by atoms with Gasteiger partial charge in [-0.15, -0.1) is 0 Å². The number of anilines is 2. The van der Waals surface area contributed by atoms with Gasteiger partial charge in [0.2, 0.25) is 0 Å². The van der Waals surface area contributed by atoms with E-state index in [2.05, 4.69) is 42.0 Å². The van der Waals surface area contributed by atoms with Crippen LogP contribution in [0.25, 0.3) is 0 Å². The molecule has 2 aromatic rings. The lowest BCUT2D eigenvalue weighted by molar-refractivity contribution is 0.0980. The molecule has 0 aliphatic carbocycles. The maximum absolute atomic E-state index is 13.2. The van der Waals surface area contributed by atoms with E-state index < -0.39 is 0 Å². The highest BCUT2D eigenvalue weighted by Crippen LogP contribution is 2.34. The van der Waals surface area contributed by atoms with Gasteiger partial charge in [-0.2, -0.15) is 0 Å². The topological polar surface area (TPSA) is 38.8 Å². The van der Waals surface area contributed by atoms with Crippen LogP contribution in [0.5, 0.6) is 0 Å². The molecule has 2 amide bonds. The Morgan fingerprint density at radius 2 is 1.61 bits per heavy atom. The smallest absolute Gasteiger partial charge is 0.322 e. The van der Waals surface area contributed by atoms with E-state index in [1.165, 1.54) is 12.1 Å². The number of fused-ring (bicyclic) bond motifs is 1. The molecule has 0 radical (unpaired) electrons. The zero-order valence-electron chi connectivity index (χ0n) is 18.8. The molecule has 2 aromatic carbocycles. The fourth-order valence-electron chi connectivity index (χ4n) is 4.55. The number of hydrogen-bond acceptors (Lipinski definition) is 3. The molecule has 1 fully saturated rings. The molecular weight excluding hydrogens is 391 g/mol. The van der Waals surface area contributed by atoms with Crippen molar-refractivity contribution in [3.8, 4) is 0 Å². The molecule has 166 valence electrons. The summed E-state index contributed by atoms with van der Waals surface area (Å²) in [5, 5.41) is 3.27. The van der Waals surface area contributed by atoms with Crippen LogP contribution in [0.1, 0.15) is 39.2 Å². The molecule has 1 saturated heterocycles. The van der Waals surface area contributed by atoms with Crippen LogP contribution in [0.2, 0.25) is 0 Å². The number of carbonyl (C=O) groups excluding carboxylic acids is 1. The minimum Gasteiger partial charge on any atom is -0.364 e. The van der Waals surface area contributed by atoms with Gasteiger partial charge in [-0.3, -0.25) is 9.80 Å². The van der Waals surface area contributed by atoms with E-state index in [4.69, 9.17) is 0 Å². The van der Waals surface area contributed by atoms with Crippen LogP contribution in [0.15, 0.2) is 48.5 Å². The molecule has 0 aromatic heterocycles. The maximum atomic E-state index is 13.2. The molecule has 0 unspecified atom stereocenters. The van der Waals surface area contributed by atoms with Crippen LogP contribution in [0, 0.1) is 5.82 Å². The lowest BCUT2D eigenvalue weighted by atomic mass is 9.98. The van der Waals surface area contributed by atoms with Gasteiger partial charge in [0.25, 0.3) is 0 Å². The van der Waals surface area contributed by atoms with Crippen molar-refractivity contribution in [3.05, 3.63) is 59.9 Å². The number of rotatable bonds is 3. The second-order valence-corrected chi connectivity index (χ2v) is 9.57. The van der Waals surface area contributed by atoms with Gasteiger partial charge in [-0.1, -0.05) is 24.3 Å². The number of benzene rings is 2. The summed E-state index contributed by atoms with van der Waals surface area (Å²) in [5.41, 5.74) is 3.20. The van der Waals surface area contributed by atoms with Crippen molar-refractivity contribution in [1.82, 2.24) is 10.2 Å². The minimum absolute atomic E-state index is 0.0110. The van der Waals surface area contributed by atoms with Crippen LogP contribution in [-0.4, -0.2) is 48.7 Å². The van der Waals surface area contributed by atoms with Crippen LogP contribution < -0.4 is 15.1 Å². The summed E-state index contributed by atoms with van der Waals surface area (Å²) in [6, 6.07) is 14.9. The van der Waals surface area contributed by atoms with Crippen LogP contribution in [-0.2, 0) is 6.54 Å². The van der Waals surface area contributed by atoms with Crippen LogP contribution in [0.4, 0.5) is 20.6 Å². The number of likely N-dealkylation sites (tertiary alicyclic amines) is 1. The standard InChI is InChI=1S/C25H33FN4O/c1-25(2,3)29-14-12-21(13-15-29)27-24(31)30-17-16-28(22-6-4-5-7-23(22)30)18-19-8-10-20(26)11-9-19/h4-11,21H,12-18H2,1-3H3,(H,27,31). The third-order valence-electron chi connectivity index (χ3n) is 6.41. The van der Waals surface area contributed by atoms with Crippen molar-refractivity contribution in [1.29, 1.82) is 0 Å². The first-order valence-electron chi connectivity index (χ1n) is 11.2. The van der Waals surface area contributed by atoms with Gasteiger partial charge in [0.15, 0.2) is 0 Å². The molecule has 31 heavy (non-hydrogen) atoms. The average molecular weight is 425 g/mol. The Labute approximate surface area is 184 Å². The Morgan fingerprint density at radius 1 is 0.968 bits per heavy atom. The fourth-order valence-corrected chi connectivity index (χ4v) is 4.55. The molecule has 4 rings (SSSR count). The van der Waals surface area contributed by atoms with Crippen LogP contribution >= 0.6 is 0 Å². The Morgan fingerprint density at radius 3 is 2.26 bits per heavy atom. The number of carbonyl (C=O) groups is 1. The zero-order valence-corrected chi connectivity index (χ0v) is 18.8. The summed E-state index contributed by atoms with van der Waals surface area (Å²) in [6.45, 7) is 10.8. The van der Waals surface area contributed by atoms with E-state index in [1.54, 1.807) is 0 Å². The van der Waals surface area contributed by atoms with Crippen LogP contribution in [0.3, 0.4) is 0 Å². The molecule has 0 bridgehead atoms. The third-order valence-corrected chi connectivity index (χ3v) is 6.41. The summed E-state index contributed by atoms with van der Waals surface area (Å²) in [6.07, 6.45) is 1.96. The number of nitrogens with one attached hydrogen (secondary N) is 1. The van der Waals surface area contributed by atoms with E-state index in [1.807, 2.05) is 35.2 Å². The molecular formula is C25H33FN4O. The minimum atomic E-state index is -0.223. The number of para-hydroxylation sites is 2. The summed E-state index contributed by atoms with van der Waals surface area (Å²) < 4.78 is 13.2. The number of nitrogens with zero attached hydrogens (tertiary/aromatic N) is 3. The van der Waals surface area contributed by atoms with E-state index in [0.717, 1.165) is 49.4 Å². The SMILES string of the molecule is CC(C)(C)N1CCC(NC(=O)N2CCN(Cc3ccc(F)cc3)c3ccccc32)CC1. The van der Waals surface area contributed by atoms with Crippen molar-refractivity contribution in [2.75, 3.05) is 36.0 Å². The van der Waals surface area contributed by atoms with Gasteiger partial charge in [0, 0.05) is 44.3 Å². The summed E-state index contributed by atoms with van der Waals surface area (Å²) in [4.78, 5) is 19.8. The highest BCUT2D eigenvalue weighted by Gasteiger charge is 2.31. The number of piperidine rings is 1. The Kier molecular flexibility index (Phi) is 6.19. The molecule has 1 N–H and O–H groups in total. The van der Waals surface area contributed by atoms with Gasteiger partial charge < -0.3 is 10.2 Å². The predicted octanol–water partition coefficient (Wildman–Crippen LogP) is 4.62. The second kappa shape index (κ2) is 8.87. The first kappa shape index (κ1) is 21.6. The normalized spacial score (nSPS) is 18.1. The Balaban J connectivity index is 1.42. The van der Waals surface area contributed by atoms with Gasteiger partial charge in [0.1, 0.15) is 5.82 Å². The second-order valence-electron chi connectivity index (χ2n) is 9.57. The van der Waals surface area contributed by atoms with Gasteiger partial charge >= 0.3 is 6.03 Å². The highest BCUT2D eigenvalue weighted by molar-refractivity contribution is 5.97. The molecule has 0 saturated carbocycles. The number of hydrogen-bond donors (Lipinski definition) is 1. The first-order chi connectivity index (χ1) is 14.8. The monoisotopic (exact) mass is 424 g/mol. The molecule has 0 spiro atoms. The summed E-state index contributed by atoms with van der Waals surface area (Å²) in [5.74, 6) is -0.223. The zero-order chi connectivity index (χ0) is 22.0. The lowest BCUT2D eigenvalue weighted by Gasteiger charge is -2.42. The van der Waals surface area contributed by atoms with E-state index in [0.29, 0.717) is 13.1 Å². The summed E-state index contributed by atoms with van der Waals surface area (Å²) >= 11 is 0. The maximum Gasteiger partial charge on any atom is 0.322 e. The summed E-state index contributed by atoms with van der Waals surface area (Å²) in [7, 11) is 0. The van der Waals surface area contributed by atoms with E-state index in [9.17, 15) is 9.18 Å². The van der Waals surface area contributed by atoms with Gasteiger partial charge in [-0.05, 0) is 63.4 Å². The fraction of sp³-hybridized carbons (Fsp3) is 0.480. The quantitative estimate of drug-likeness (QED) is 0.781. The largest absolute Gasteiger partial charge is 0.364 e. The van der Waals surface area contributed by atoms with E-state index >= 15 is 0 Å². The molecule has 5 nitrogen and oxygen atoms in total. The molecule has 2 aliphatic rings. The highest BCUT2D eigenvalue weighted by atomic mass is 19.1. The van der Waals surface area contributed by atoms with Crippen molar-refractivity contribution in [2.45, 2.75) is 51.7 Å². The molecule has 6 heteroatoms. The average Bonchev–Trinajstić information content (AvgIpc) is 2.75. The number of halogens is 1. The van der Waals surface area contributed by atoms with E-state index in [-0.39, 0.29) is 23.4 Å². The Bertz CT molecular complexity index is 900. The third kappa shape index (κ3) is 5.01. The Hall–Kier alpha value is -2.60. The number of amides is 2. The van der Waals surface area contributed by atoms with Gasteiger partial charge in [0.05, 0.1) is 11.4 Å². The van der Waals surface area contributed by atoms with Crippen molar-refractivity contribution < 1.29 is 9.18 Å².